The maximum absolute atomic E-state index is 12.5. The van der Waals surface area contributed by atoms with Crippen LogP contribution in [0.1, 0.15) is 16.1 Å². The molecular formula is C15H18BrN5O2. The van der Waals surface area contributed by atoms with Crippen molar-refractivity contribution in [3.63, 3.8) is 0 Å². The van der Waals surface area contributed by atoms with Gasteiger partial charge in [-0.25, -0.2) is 4.68 Å². The maximum Gasteiger partial charge on any atom is 0.280 e. The van der Waals surface area contributed by atoms with E-state index in [2.05, 4.69) is 26.2 Å². The molecule has 0 bridgehead atoms. The van der Waals surface area contributed by atoms with Crippen LogP contribution in [0.25, 0.3) is 0 Å². The number of anilines is 1. The predicted molar refractivity (Wildman–Crippen MR) is 90.3 cm³/mol. The van der Waals surface area contributed by atoms with Crippen molar-refractivity contribution in [3.05, 3.63) is 40.1 Å². The van der Waals surface area contributed by atoms with Crippen LogP contribution >= 0.6 is 15.9 Å². The highest BCUT2D eigenvalue weighted by atomic mass is 79.9. The first-order chi connectivity index (χ1) is 10.8. The van der Waals surface area contributed by atoms with E-state index in [1.165, 1.54) is 20.7 Å². The lowest BCUT2D eigenvalue weighted by molar-refractivity contribution is -0.129. The summed E-state index contributed by atoms with van der Waals surface area (Å²) in [5, 5.41) is 7.70. The minimum atomic E-state index is -0.283. The summed E-state index contributed by atoms with van der Waals surface area (Å²) in [5.74, 6) is -0.403. The Hall–Kier alpha value is -2.22. The lowest BCUT2D eigenvalue weighted by Crippen LogP contribution is -2.27. The zero-order valence-corrected chi connectivity index (χ0v) is 15.0. The molecule has 0 N–H and O–H groups in total. The van der Waals surface area contributed by atoms with Crippen LogP contribution in [0, 0.1) is 6.92 Å². The van der Waals surface area contributed by atoms with Gasteiger partial charge in [-0.2, -0.15) is 0 Å². The van der Waals surface area contributed by atoms with Gasteiger partial charge in [0.05, 0.1) is 6.20 Å². The van der Waals surface area contributed by atoms with Gasteiger partial charge in [-0.3, -0.25) is 9.59 Å². The monoisotopic (exact) mass is 379 g/mol. The molecule has 1 aromatic carbocycles. The number of rotatable bonds is 4. The van der Waals surface area contributed by atoms with Crippen LogP contribution < -0.4 is 4.90 Å². The van der Waals surface area contributed by atoms with Gasteiger partial charge in [0.2, 0.25) is 5.91 Å². The van der Waals surface area contributed by atoms with Crippen molar-refractivity contribution in [2.45, 2.75) is 13.5 Å². The van der Waals surface area contributed by atoms with Crippen molar-refractivity contribution in [2.24, 2.45) is 0 Å². The van der Waals surface area contributed by atoms with Crippen molar-refractivity contribution in [2.75, 3.05) is 26.0 Å². The first-order valence-electron chi connectivity index (χ1n) is 6.94. The average molecular weight is 380 g/mol. The fraction of sp³-hybridized carbons (Fsp3) is 0.333. The number of nitrogens with zero attached hydrogens (tertiary/aromatic N) is 5. The Balaban J connectivity index is 2.19. The third-order valence-electron chi connectivity index (χ3n) is 3.39. The summed E-state index contributed by atoms with van der Waals surface area (Å²) in [7, 11) is 5.01. The minimum Gasteiger partial charge on any atom is -0.347 e. The number of carbonyl (C=O) groups is 2. The summed E-state index contributed by atoms with van der Waals surface area (Å²) in [4.78, 5) is 27.2. The number of aromatic nitrogens is 3. The molecule has 0 aliphatic rings. The second-order valence-corrected chi connectivity index (χ2v) is 6.30. The van der Waals surface area contributed by atoms with Crippen molar-refractivity contribution >= 4 is 33.4 Å². The molecule has 8 heteroatoms. The van der Waals surface area contributed by atoms with E-state index in [0.717, 1.165) is 15.7 Å². The third-order valence-corrected chi connectivity index (χ3v) is 3.88. The van der Waals surface area contributed by atoms with E-state index in [0.29, 0.717) is 0 Å². The Morgan fingerprint density at radius 3 is 2.61 bits per heavy atom. The second-order valence-electron chi connectivity index (χ2n) is 5.38. The van der Waals surface area contributed by atoms with Crippen LogP contribution in [0.15, 0.2) is 28.9 Å². The minimum absolute atomic E-state index is 0.0485. The van der Waals surface area contributed by atoms with Crippen LogP contribution in [0.4, 0.5) is 5.69 Å². The van der Waals surface area contributed by atoms with E-state index < -0.39 is 0 Å². The Morgan fingerprint density at radius 2 is 1.96 bits per heavy atom. The Bertz CT molecular complexity index is 741. The fourth-order valence-corrected chi connectivity index (χ4v) is 2.33. The van der Waals surface area contributed by atoms with Gasteiger partial charge in [0.25, 0.3) is 5.91 Å². The standard InChI is InChI=1S/C15H18BrN5O2/c1-10-5-6-11(16)7-13(10)20(4)15(23)12-8-21(18-17-12)9-14(22)19(2)3/h5-8H,9H2,1-4H3. The third kappa shape index (κ3) is 3.95. The number of hydrogen-bond donors (Lipinski definition) is 0. The summed E-state index contributed by atoms with van der Waals surface area (Å²) in [6.45, 7) is 1.98. The van der Waals surface area contributed by atoms with Crippen LogP contribution in [0.3, 0.4) is 0 Å². The van der Waals surface area contributed by atoms with Crippen molar-refractivity contribution in [1.29, 1.82) is 0 Å². The quantitative estimate of drug-likeness (QED) is 0.810. The summed E-state index contributed by atoms with van der Waals surface area (Å²) in [6, 6.07) is 5.71. The van der Waals surface area contributed by atoms with Gasteiger partial charge < -0.3 is 9.80 Å². The van der Waals surface area contributed by atoms with Crippen LogP contribution in [0.5, 0.6) is 0 Å². The molecule has 0 fully saturated rings. The van der Waals surface area contributed by atoms with Gasteiger partial charge in [0.1, 0.15) is 6.54 Å². The first-order valence-corrected chi connectivity index (χ1v) is 7.73. The number of carbonyl (C=O) groups excluding carboxylic acids is 2. The zero-order valence-electron chi connectivity index (χ0n) is 13.4. The zero-order chi connectivity index (χ0) is 17.1. The highest BCUT2D eigenvalue weighted by Gasteiger charge is 2.19. The van der Waals surface area contributed by atoms with Crippen molar-refractivity contribution in [1.82, 2.24) is 19.9 Å². The Morgan fingerprint density at radius 1 is 1.26 bits per heavy atom. The molecule has 1 aromatic heterocycles. The molecule has 122 valence electrons. The molecule has 0 spiro atoms. The maximum atomic E-state index is 12.5. The van der Waals surface area contributed by atoms with E-state index >= 15 is 0 Å². The normalized spacial score (nSPS) is 10.5. The van der Waals surface area contributed by atoms with E-state index in [4.69, 9.17) is 0 Å². The fourth-order valence-electron chi connectivity index (χ4n) is 1.98. The van der Waals surface area contributed by atoms with E-state index in [-0.39, 0.29) is 24.1 Å². The van der Waals surface area contributed by atoms with Gasteiger partial charge in [0, 0.05) is 31.3 Å². The summed E-state index contributed by atoms with van der Waals surface area (Å²) in [6.07, 6.45) is 1.48. The van der Waals surface area contributed by atoms with Crippen molar-refractivity contribution < 1.29 is 9.59 Å². The molecule has 0 aliphatic carbocycles. The average Bonchev–Trinajstić information content (AvgIpc) is 2.96. The molecule has 2 aromatic rings. The molecule has 0 radical (unpaired) electrons. The van der Waals surface area contributed by atoms with Crippen LogP contribution in [-0.4, -0.2) is 52.9 Å². The van der Waals surface area contributed by atoms with E-state index in [1.54, 1.807) is 21.1 Å². The van der Waals surface area contributed by atoms with E-state index in [1.807, 2.05) is 25.1 Å². The molecule has 7 nitrogen and oxygen atoms in total. The van der Waals surface area contributed by atoms with Gasteiger partial charge in [0.15, 0.2) is 5.69 Å². The molecule has 2 rings (SSSR count). The Labute approximate surface area is 143 Å². The van der Waals surface area contributed by atoms with Crippen LogP contribution in [-0.2, 0) is 11.3 Å². The smallest absolute Gasteiger partial charge is 0.280 e. The lowest BCUT2D eigenvalue weighted by atomic mass is 10.2. The second kappa shape index (κ2) is 6.91. The number of aryl methyl sites for hydroxylation is 1. The highest BCUT2D eigenvalue weighted by molar-refractivity contribution is 9.10. The highest BCUT2D eigenvalue weighted by Crippen LogP contribution is 2.24. The molecule has 2 amide bonds. The summed E-state index contributed by atoms with van der Waals surface area (Å²) in [5.41, 5.74) is 1.95. The Kier molecular flexibility index (Phi) is 5.15. The predicted octanol–water partition coefficient (Wildman–Crippen LogP) is 1.71. The molecule has 0 saturated carbocycles. The SMILES string of the molecule is Cc1ccc(Br)cc1N(C)C(=O)c1cn(CC(=O)N(C)C)nn1. The lowest BCUT2D eigenvalue weighted by Gasteiger charge is -2.18. The number of halogens is 1. The summed E-state index contributed by atoms with van der Waals surface area (Å²) < 4.78 is 2.25. The van der Waals surface area contributed by atoms with E-state index in [9.17, 15) is 9.59 Å². The van der Waals surface area contributed by atoms with Gasteiger partial charge in [-0.05, 0) is 24.6 Å². The topological polar surface area (TPSA) is 71.3 Å². The molecule has 0 saturated heterocycles. The molecule has 0 aliphatic heterocycles. The molecular weight excluding hydrogens is 362 g/mol. The number of likely N-dealkylation sites (N-methyl/N-ethyl adjacent to an activating group) is 1. The number of benzene rings is 1. The molecule has 0 atom stereocenters. The number of amides is 2. The largest absolute Gasteiger partial charge is 0.347 e. The van der Waals surface area contributed by atoms with Gasteiger partial charge >= 0.3 is 0 Å². The first kappa shape index (κ1) is 17.1. The van der Waals surface area contributed by atoms with Crippen LogP contribution in [0.2, 0.25) is 0 Å². The van der Waals surface area contributed by atoms with Gasteiger partial charge in [-0.15, -0.1) is 5.10 Å². The molecule has 1 heterocycles. The summed E-state index contributed by atoms with van der Waals surface area (Å²) >= 11 is 3.40. The van der Waals surface area contributed by atoms with Gasteiger partial charge in [-0.1, -0.05) is 27.2 Å². The van der Waals surface area contributed by atoms with Crippen molar-refractivity contribution in [3.8, 4) is 0 Å². The molecule has 0 unspecified atom stereocenters. The number of hydrogen-bond acceptors (Lipinski definition) is 4. The molecule has 23 heavy (non-hydrogen) atoms.